The van der Waals surface area contributed by atoms with E-state index in [1.165, 1.54) is 30.3 Å². The Morgan fingerprint density at radius 1 is 0.875 bits per heavy atom. The maximum atomic E-state index is 12.2. The van der Waals surface area contributed by atoms with E-state index in [2.05, 4.69) is 5.32 Å². The zero-order valence-corrected chi connectivity index (χ0v) is 12.1. The third-order valence-corrected chi connectivity index (χ3v) is 3.60. The van der Waals surface area contributed by atoms with Crippen LogP contribution in [0, 0.1) is 5.21 Å². The summed E-state index contributed by atoms with van der Waals surface area (Å²) >= 11 is 0. The van der Waals surface area contributed by atoms with Gasteiger partial charge in [0.1, 0.15) is 5.75 Å². The van der Waals surface area contributed by atoms with E-state index in [4.69, 9.17) is 5.21 Å². The molecule has 0 bridgehead atoms. The lowest BCUT2D eigenvalue weighted by atomic mass is 9.96. The van der Waals surface area contributed by atoms with Gasteiger partial charge in [-0.15, -0.1) is 0 Å². The average molecular weight is 328 g/mol. The minimum Gasteiger partial charge on any atom is -0.595 e. The number of phenols is 2. The summed E-state index contributed by atoms with van der Waals surface area (Å²) in [5, 5.41) is 40.0. The molecule has 1 atom stereocenters. The smallest absolute Gasteiger partial charge is 0.259 e. The lowest BCUT2D eigenvalue weighted by Crippen LogP contribution is -2.99. The molecule has 24 heavy (non-hydrogen) atoms. The first-order chi connectivity index (χ1) is 11.4. The Hall–Kier alpha value is -3.20. The second kappa shape index (κ2) is 5.78. The molecule has 1 heterocycles. The van der Waals surface area contributed by atoms with E-state index < -0.39 is 22.8 Å². The van der Waals surface area contributed by atoms with Crippen molar-refractivity contribution in [3.05, 3.63) is 58.8 Å². The fraction of sp³-hybridized carbons (Fsp3) is 0. The van der Waals surface area contributed by atoms with Crippen molar-refractivity contribution in [1.82, 2.24) is 5.32 Å². The molecule has 0 aromatic heterocycles. The Morgan fingerprint density at radius 2 is 1.42 bits per heavy atom. The monoisotopic (exact) mass is 328 g/mol. The van der Waals surface area contributed by atoms with Gasteiger partial charge in [-0.1, -0.05) is 18.2 Å². The summed E-state index contributed by atoms with van der Waals surface area (Å²) < 4.78 is 0. The molecule has 0 saturated carbocycles. The molecule has 0 radical (unpaired) electrons. The first-order valence-electron chi connectivity index (χ1n) is 6.84. The molecule has 1 aliphatic heterocycles. The second-order valence-electron chi connectivity index (χ2n) is 5.12. The number of imide groups is 1. The molecule has 2 aromatic rings. The molecule has 1 aliphatic rings. The van der Waals surface area contributed by atoms with Crippen LogP contribution < -0.4 is 10.5 Å². The van der Waals surface area contributed by atoms with Crippen LogP contribution in [0.25, 0.3) is 11.1 Å². The van der Waals surface area contributed by atoms with Crippen LogP contribution in [0.5, 0.6) is 11.5 Å². The van der Waals surface area contributed by atoms with Gasteiger partial charge < -0.3 is 15.4 Å². The standard InChI is InChI=1S/C16H12N2O6/c19-10-4-1-8(2-5-10)13-14(16(22)17-15(13)21)9-3-6-12(20)11(7-9)18(23)24/h1-7,18-20,23H,(H,17,21,22). The lowest BCUT2D eigenvalue weighted by molar-refractivity contribution is -0.991. The van der Waals surface area contributed by atoms with Crippen LogP contribution in [0.1, 0.15) is 11.1 Å². The molecule has 0 fully saturated rings. The fourth-order valence-corrected chi connectivity index (χ4v) is 2.50. The van der Waals surface area contributed by atoms with E-state index in [0.29, 0.717) is 5.56 Å². The van der Waals surface area contributed by atoms with E-state index in [-0.39, 0.29) is 28.1 Å². The normalized spacial score (nSPS) is 15.6. The van der Waals surface area contributed by atoms with E-state index in [1.54, 1.807) is 0 Å². The minimum atomic E-state index is -1.36. The molecule has 0 saturated heterocycles. The number of benzene rings is 2. The van der Waals surface area contributed by atoms with Gasteiger partial charge in [0.2, 0.25) is 5.69 Å². The van der Waals surface area contributed by atoms with Gasteiger partial charge in [0.15, 0.2) is 5.75 Å². The van der Waals surface area contributed by atoms with Crippen molar-refractivity contribution in [2.75, 3.05) is 0 Å². The van der Waals surface area contributed by atoms with Crippen molar-refractivity contribution in [3.8, 4) is 11.5 Å². The molecule has 2 aromatic carbocycles. The fourth-order valence-electron chi connectivity index (χ4n) is 2.50. The van der Waals surface area contributed by atoms with Crippen LogP contribution in [0.4, 0.5) is 5.69 Å². The van der Waals surface area contributed by atoms with Crippen LogP contribution in [0.3, 0.4) is 0 Å². The van der Waals surface area contributed by atoms with Gasteiger partial charge in [-0.25, -0.2) is 5.21 Å². The second-order valence-corrected chi connectivity index (χ2v) is 5.12. The zero-order valence-electron chi connectivity index (χ0n) is 12.1. The lowest BCUT2D eigenvalue weighted by Gasteiger charge is -2.14. The molecule has 8 nitrogen and oxygen atoms in total. The average Bonchev–Trinajstić information content (AvgIpc) is 2.83. The molecular formula is C16H12N2O6. The van der Waals surface area contributed by atoms with E-state index >= 15 is 0 Å². The summed E-state index contributed by atoms with van der Waals surface area (Å²) in [5.41, 5.74) is 0.292. The number of hydrogen-bond donors (Lipinski definition) is 5. The Labute approximate surface area is 135 Å². The van der Waals surface area contributed by atoms with Crippen molar-refractivity contribution in [2.24, 2.45) is 0 Å². The third-order valence-electron chi connectivity index (χ3n) is 3.60. The van der Waals surface area contributed by atoms with Gasteiger partial charge in [-0.2, -0.15) is 5.23 Å². The molecule has 2 amide bonds. The molecule has 0 spiro atoms. The highest BCUT2D eigenvalue weighted by atomic mass is 16.8. The number of carbonyl (C=O) groups is 2. The summed E-state index contributed by atoms with van der Waals surface area (Å²) in [7, 11) is 0. The van der Waals surface area contributed by atoms with Crippen molar-refractivity contribution in [1.29, 1.82) is 0 Å². The van der Waals surface area contributed by atoms with Crippen LogP contribution in [-0.2, 0) is 9.59 Å². The predicted molar refractivity (Wildman–Crippen MR) is 82.0 cm³/mol. The number of quaternary nitrogens is 1. The van der Waals surface area contributed by atoms with Crippen molar-refractivity contribution < 1.29 is 30.2 Å². The Morgan fingerprint density at radius 3 is 2.00 bits per heavy atom. The number of rotatable bonds is 3. The molecular weight excluding hydrogens is 316 g/mol. The number of carbonyl (C=O) groups excluding carboxylic acids is 2. The topological polar surface area (TPSA) is 134 Å². The number of aromatic hydroxyl groups is 2. The van der Waals surface area contributed by atoms with Gasteiger partial charge in [0.05, 0.1) is 11.1 Å². The molecule has 5 N–H and O–H groups in total. The maximum absolute atomic E-state index is 12.2. The van der Waals surface area contributed by atoms with Crippen molar-refractivity contribution in [3.63, 3.8) is 0 Å². The number of amides is 2. The molecule has 8 heteroatoms. The highest BCUT2D eigenvalue weighted by Crippen LogP contribution is 2.34. The molecule has 0 aliphatic carbocycles. The van der Waals surface area contributed by atoms with E-state index in [1.807, 2.05) is 0 Å². The summed E-state index contributed by atoms with van der Waals surface area (Å²) in [6, 6.07) is 9.32. The zero-order chi connectivity index (χ0) is 17.4. The van der Waals surface area contributed by atoms with Crippen LogP contribution in [0.2, 0.25) is 0 Å². The van der Waals surface area contributed by atoms with E-state index in [9.17, 15) is 25.0 Å². The van der Waals surface area contributed by atoms with Gasteiger partial charge in [-0.05, 0) is 29.3 Å². The third kappa shape index (κ3) is 2.61. The van der Waals surface area contributed by atoms with Crippen molar-refractivity contribution >= 4 is 28.6 Å². The highest BCUT2D eigenvalue weighted by molar-refractivity contribution is 6.49. The van der Waals surface area contributed by atoms with Gasteiger partial charge in [-0.3, -0.25) is 14.9 Å². The summed E-state index contributed by atoms with van der Waals surface area (Å²) in [4.78, 5) is 24.3. The van der Waals surface area contributed by atoms with Crippen molar-refractivity contribution in [2.45, 2.75) is 0 Å². The van der Waals surface area contributed by atoms with Crippen LogP contribution >= 0.6 is 0 Å². The number of phenolic OH excluding ortho intramolecular Hbond substituents is 2. The van der Waals surface area contributed by atoms with Gasteiger partial charge in [0, 0.05) is 6.07 Å². The molecule has 3 rings (SSSR count). The molecule has 1 unspecified atom stereocenters. The number of hydrogen-bond acceptors (Lipinski definition) is 6. The summed E-state index contributed by atoms with van der Waals surface area (Å²) in [6.45, 7) is 0. The Bertz CT molecular complexity index is 871. The van der Waals surface area contributed by atoms with Gasteiger partial charge >= 0.3 is 0 Å². The number of nitrogens with one attached hydrogen (secondary N) is 2. The largest absolute Gasteiger partial charge is 0.595 e. The minimum absolute atomic E-state index is 0.00317. The van der Waals surface area contributed by atoms with Gasteiger partial charge in [0.25, 0.3) is 11.8 Å². The first kappa shape index (κ1) is 15.7. The van der Waals surface area contributed by atoms with Crippen LogP contribution in [-0.4, -0.2) is 27.2 Å². The Balaban J connectivity index is 2.21. The predicted octanol–water partition coefficient (Wildman–Crippen LogP) is 0.0684. The Kier molecular flexibility index (Phi) is 3.78. The maximum Gasteiger partial charge on any atom is 0.259 e. The van der Waals surface area contributed by atoms with E-state index in [0.717, 1.165) is 12.1 Å². The highest BCUT2D eigenvalue weighted by Gasteiger charge is 2.32. The first-order valence-corrected chi connectivity index (χ1v) is 6.84. The summed E-state index contributed by atoms with van der Waals surface area (Å²) in [6.07, 6.45) is 0. The summed E-state index contributed by atoms with van der Waals surface area (Å²) in [5.74, 6) is -1.72. The quantitative estimate of drug-likeness (QED) is 0.307. The molecule has 122 valence electrons. The van der Waals surface area contributed by atoms with Crippen LogP contribution in [0.15, 0.2) is 42.5 Å². The SMILES string of the molecule is O=C1NC(=O)C(c2ccc(O)c([NH+]([O-])O)c2)=C1c1ccc(O)cc1.